The van der Waals surface area contributed by atoms with Crippen molar-refractivity contribution in [2.75, 3.05) is 6.26 Å². The lowest BCUT2D eigenvalue weighted by atomic mass is 10.2. The fraction of sp³-hybridized carbons (Fsp3) is 0.222. The summed E-state index contributed by atoms with van der Waals surface area (Å²) in [5.41, 5.74) is 6.55. The molecule has 14 heavy (non-hydrogen) atoms. The van der Waals surface area contributed by atoms with Gasteiger partial charge in [-0.2, -0.15) is 4.40 Å². The second kappa shape index (κ2) is 2.81. The Morgan fingerprint density at radius 2 is 2.14 bits per heavy atom. The summed E-state index contributed by atoms with van der Waals surface area (Å²) >= 11 is 0. The number of rotatable bonds is 0. The summed E-state index contributed by atoms with van der Waals surface area (Å²) in [6, 6.07) is 5.56. The van der Waals surface area contributed by atoms with Crippen molar-refractivity contribution in [2.45, 2.75) is 6.92 Å². The minimum absolute atomic E-state index is 0.0931. The van der Waals surface area contributed by atoms with Crippen LogP contribution in [-0.4, -0.2) is 16.4 Å². The maximum Gasteiger partial charge on any atom is 0.229 e. The molecule has 0 radical (unpaired) electrons. The van der Waals surface area contributed by atoms with Crippen molar-refractivity contribution < 1.29 is 4.21 Å². The number of nitrogens with zero attached hydrogens (tertiary/aromatic N) is 2. The number of fused-ring (bicyclic) bond motifs is 1. The maximum atomic E-state index is 12.0. The van der Waals surface area contributed by atoms with Crippen molar-refractivity contribution in [3.63, 3.8) is 0 Å². The molecule has 2 N–H and O–H groups in total. The SMILES string of the molecule is Cc1ccc2c(c1)=NC(N)=NS=2(C)=O. The molecular formula is C9H11N3OS. The number of nitrogens with two attached hydrogens (primary N) is 1. The Bertz CT molecular complexity index is 624. The fourth-order valence-corrected chi connectivity index (χ4v) is 2.72. The molecule has 0 aliphatic carbocycles. The smallest absolute Gasteiger partial charge is 0.229 e. The van der Waals surface area contributed by atoms with Gasteiger partial charge < -0.3 is 5.73 Å². The van der Waals surface area contributed by atoms with E-state index in [0.29, 0.717) is 9.87 Å². The van der Waals surface area contributed by atoms with Gasteiger partial charge in [-0.3, -0.25) is 0 Å². The van der Waals surface area contributed by atoms with Crippen LogP contribution in [0.2, 0.25) is 0 Å². The molecule has 1 aromatic carbocycles. The average molecular weight is 209 g/mol. The minimum atomic E-state index is -2.39. The number of hydrogen-bond acceptors (Lipinski definition) is 3. The van der Waals surface area contributed by atoms with Crippen molar-refractivity contribution >= 4 is 15.7 Å². The van der Waals surface area contributed by atoms with Crippen molar-refractivity contribution in [3.8, 4) is 0 Å². The molecule has 0 saturated carbocycles. The van der Waals surface area contributed by atoms with Crippen LogP contribution in [0.3, 0.4) is 0 Å². The Morgan fingerprint density at radius 3 is 2.86 bits per heavy atom. The highest BCUT2D eigenvalue weighted by molar-refractivity contribution is 7.93. The van der Waals surface area contributed by atoms with E-state index >= 15 is 0 Å². The Labute approximate surface area is 82.3 Å². The van der Waals surface area contributed by atoms with E-state index in [-0.39, 0.29) is 5.96 Å². The summed E-state index contributed by atoms with van der Waals surface area (Å²) in [6.07, 6.45) is 1.57. The molecule has 0 spiro atoms. The molecule has 1 unspecified atom stereocenters. The third-order valence-electron chi connectivity index (χ3n) is 2.03. The van der Waals surface area contributed by atoms with Gasteiger partial charge in [-0.15, -0.1) is 0 Å². The summed E-state index contributed by atoms with van der Waals surface area (Å²) < 4.78 is 16.5. The van der Waals surface area contributed by atoms with Crippen molar-refractivity contribution in [2.24, 2.45) is 15.1 Å². The van der Waals surface area contributed by atoms with Gasteiger partial charge in [0.15, 0.2) is 0 Å². The van der Waals surface area contributed by atoms with Gasteiger partial charge in [0.05, 0.1) is 19.6 Å². The largest absolute Gasteiger partial charge is 0.367 e. The molecule has 1 heterocycles. The van der Waals surface area contributed by atoms with Gasteiger partial charge >= 0.3 is 0 Å². The van der Waals surface area contributed by atoms with E-state index in [9.17, 15) is 4.21 Å². The second-order valence-electron chi connectivity index (χ2n) is 3.33. The highest BCUT2D eigenvalue weighted by Crippen LogP contribution is 2.02. The lowest BCUT2D eigenvalue weighted by Crippen LogP contribution is -2.23. The van der Waals surface area contributed by atoms with Gasteiger partial charge in [0, 0.05) is 6.26 Å². The third-order valence-corrected chi connectivity index (χ3v) is 3.72. The molecule has 2 rings (SSSR count). The van der Waals surface area contributed by atoms with Crippen LogP contribution in [0, 0.1) is 11.4 Å². The van der Waals surface area contributed by atoms with Gasteiger partial charge in [0.1, 0.15) is 0 Å². The van der Waals surface area contributed by atoms with Gasteiger partial charge in [-0.25, -0.2) is 9.20 Å². The highest BCUT2D eigenvalue weighted by atomic mass is 32.2. The van der Waals surface area contributed by atoms with Crippen LogP contribution in [0.5, 0.6) is 0 Å². The Balaban J connectivity index is 3.08. The van der Waals surface area contributed by atoms with Crippen molar-refractivity contribution in [3.05, 3.63) is 33.6 Å². The molecule has 1 aliphatic heterocycles. The zero-order valence-electron chi connectivity index (χ0n) is 8.02. The Hall–Kier alpha value is -1.36. The number of hydrogen-bond donors (Lipinski definition) is 1. The molecule has 74 valence electrons. The van der Waals surface area contributed by atoms with Gasteiger partial charge in [0.2, 0.25) is 5.96 Å². The summed E-state index contributed by atoms with van der Waals surface area (Å²) in [7, 11) is -2.39. The summed E-state index contributed by atoms with van der Waals surface area (Å²) in [6.45, 7) is 1.95. The molecular weight excluding hydrogens is 198 g/mol. The summed E-state index contributed by atoms with van der Waals surface area (Å²) in [4.78, 5) is 4.05. The van der Waals surface area contributed by atoms with E-state index in [1.807, 2.05) is 19.1 Å². The minimum Gasteiger partial charge on any atom is -0.367 e. The molecule has 0 fully saturated rings. The highest BCUT2D eigenvalue weighted by Gasteiger charge is 2.07. The van der Waals surface area contributed by atoms with Crippen LogP contribution in [-0.2, 0) is 9.71 Å². The lowest BCUT2D eigenvalue weighted by molar-refractivity contribution is 0.683. The monoisotopic (exact) mass is 209 g/mol. The Kier molecular flexibility index (Phi) is 1.85. The molecule has 0 saturated heterocycles. The van der Waals surface area contributed by atoms with Crippen molar-refractivity contribution in [1.82, 2.24) is 0 Å². The first-order chi connectivity index (χ1) is 6.49. The zero-order valence-corrected chi connectivity index (χ0v) is 8.84. The predicted octanol–water partition coefficient (Wildman–Crippen LogP) is 0.0230. The average Bonchev–Trinajstić information content (AvgIpc) is 2.00. The first-order valence-electron chi connectivity index (χ1n) is 4.16. The van der Waals surface area contributed by atoms with E-state index in [0.717, 1.165) is 5.56 Å². The van der Waals surface area contributed by atoms with E-state index in [2.05, 4.69) is 9.39 Å². The molecule has 1 aliphatic rings. The molecule has 0 bridgehead atoms. The normalized spacial score (nSPS) is 24.9. The molecule has 4 nitrogen and oxygen atoms in total. The van der Waals surface area contributed by atoms with Crippen LogP contribution in [0.15, 0.2) is 27.6 Å². The summed E-state index contributed by atoms with van der Waals surface area (Å²) in [5.74, 6) is 0.0931. The van der Waals surface area contributed by atoms with E-state index in [4.69, 9.17) is 5.73 Å². The van der Waals surface area contributed by atoms with Gasteiger partial charge in [0.25, 0.3) is 0 Å². The molecule has 1 atom stereocenters. The predicted molar refractivity (Wildman–Crippen MR) is 56.9 cm³/mol. The molecule has 5 heteroatoms. The molecule has 0 aromatic heterocycles. The van der Waals surface area contributed by atoms with E-state index in [1.165, 1.54) is 0 Å². The van der Waals surface area contributed by atoms with E-state index < -0.39 is 9.71 Å². The van der Waals surface area contributed by atoms with Gasteiger partial charge in [-0.05, 0) is 24.6 Å². The van der Waals surface area contributed by atoms with Crippen LogP contribution in [0.4, 0.5) is 0 Å². The van der Waals surface area contributed by atoms with Crippen LogP contribution in [0.25, 0.3) is 0 Å². The quantitative estimate of drug-likeness (QED) is 0.612. The van der Waals surface area contributed by atoms with E-state index in [1.54, 1.807) is 12.3 Å². The van der Waals surface area contributed by atoms with Gasteiger partial charge in [-0.1, -0.05) is 6.07 Å². The standard InChI is InChI=1S/C9H11N3OS/c1-6-3-4-8-7(5-6)11-9(10)12-14(8,2)13/h3-5H,1-2H3,(H2,10,11,12,13). The second-order valence-corrected chi connectivity index (χ2v) is 5.56. The van der Waals surface area contributed by atoms with Crippen LogP contribution in [0.1, 0.15) is 5.56 Å². The Morgan fingerprint density at radius 1 is 1.43 bits per heavy atom. The zero-order chi connectivity index (χ0) is 10.3. The van der Waals surface area contributed by atoms with Crippen molar-refractivity contribution in [1.29, 1.82) is 0 Å². The molecule has 0 amide bonds. The number of benzene rings is 1. The molecule has 1 aromatic rings. The lowest BCUT2D eigenvalue weighted by Gasteiger charge is -2.05. The first-order valence-corrected chi connectivity index (χ1v) is 6.08. The fourth-order valence-electron chi connectivity index (χ4n) is 1.41. The number of guanidine groups is 1. The first kappa shape index (κ1) is 9.21. The maximum absolute atomic E-state index is 12.0. The van der Waals surface area contributed by atoms with Crippen LogP contribution >= 0.6 is 0 Å². The number of aryl methyl sites for hydroxylation is 1. The summed E-state index contributed by atoms with van der Waals surface area (Å²) in [5, 5.41) is 0.671. The van der Waals surface area contributed by atoms with Crippen LogP contribution < -0.4 is 11.1 Å². The topological polar surface area (TPSA) is 67.8 Å². The third kappa shape index (κ3) is 1.39.